The molecule has 0 spiro atoms. The molecular formula is C9H7Br2F3O2. The van der Waals surface area contributed by atoms with Crippen molar-refractivity contribution in [2.24, 2.45) is 0 Å². The first kappa shape index (κ1) is 13.6. The van der Waals surface area contributed by atoms with E-state index in [1.807, 2.05) is 0 Å². The molecule has 0 aliphatic rings. The number of benzene rings is 1. The van der Waals surface area contributed by atoms with Crippen molar-refractivity contribution in [1.29, 1.82) is 0 Å². The van der Waals surface area contributed by atoms with Gasteiger partial charge in [0.05, 0.1) is 16.1 Å². The Balaban J connectivity index is 2.88. The molecule has 0 aromatic heterocycles. The minimum Gasteiger partial charge on any atom is -0.495 e. The van der Waals surface area contributed by atoms with E-state index in [-0.39, 0.29) is 5.75 Å². The topological polar surface area (TPSA) is 18.5 Å². The molecule has 0 N–H and O–H groups in total. The molecule has 16 heavy (non-hydrogen) atoms. The SMILES string of the molecule is COc1cc(OCC(F)(F)F)c(Br)cc1Br. The van der Waals surface area contributed by atoms with Crippen LogP contribution in [0.1, 0.15) is 0 Å². The number of ether oxygens (including phenoxy) is 2. The van der Waals surface area contributed by atoms with Gasteiger partial charge in [-0.15, -0.1) is 0 Å². The van der Waals surface area contributed by atoms with Gasteiger partial charge in [-0.1, -0.05) is 0 Å². The molecule has 1 aromatic carbocycles. The van der Waals surface area contributed by atoms with E-state index in [1.54, 1.807) is 6.07 Å². The van der Waals surface area contributed by atoms with Crippen molar-refractivity contribution >= 4 is 31.9 Å². The first-order chi connectivity index (χ1) is 7.33. The van der Waals surface area contributed by atoms with Crippen LogP contribution in [0.4, 0.5) is 13.2 Å². The Morgan fingerprint density at radius 1 is 1.12 bits per heavy atom. The predicted octanol–water partition coefficient (Wildman–Crippen LogP) is 4.16. The highest BCUT2D eigenvalue weighted by Gasteiger charge is 2.28. The zero-order valence-electron chi connectivity index (χ0n) is 8.07. The third kappa shape index (κ3) is 3.86. The number of hydrogen-bond donors (Lipinski definition) is 0. The summed E-state index contributed by atoms with van der Waals surface area (Å²) < 4.78 is 46.5. The van der Waals surface area contributed by atoms with Crippen LogP contribution in [0.5, 0.6) is 11.5 Å². The Morgan fingerprint density at radius 3 is 2.19 bits per heavy atom. The van der Waals surface area contributed by atoms with E-state index in [1.165, 1.54) is 13.2 Å². The normalized spacial score (nSPS) is 11.4. The summed E-state index contributed by atoms with van der Waals surface area (Å²) in [6.45, 7) is -1.34. The second kappa shape index (κ2) is 5.27. The highest BCUT2D eigenvalue weighted by Crippen LogP contribution is 2.36. The maximum atomic E-state index is 12.0. The Hall–Kier alpha value is -0.430. The highest BCUT2D eigenvalue weighted by atomic mass is 79.9. The van der Waals surface area contributed by atoms with Crippen LogP contribution >= 0.6 is 31.9 Å². The standard InChI is InChI=1S/C9H7Br2F3O2/c1-15-7-3-8(6(11)2-5(7)10)16-4-9(12,13)14/h2-3H,4H2,1H3. The van der Waals surface area contributed by atoms with Crippen molar-refractivity contribution in [2.45, 2.75) is 6.18 Å². The van der Waals surface area contributed by atoms with E-state index in [4.69, 9.17) is 4.74 Å². The first-order valence-corrected chi connectivity index (χ1v) is 5.64. The summed E-state index contributed by atoms with van der Waals surface area (Å²) >= 11 is 6.30. The fourth-order valence-electron chi connectivity index (χ4n) is 0.937. The number of rotatable bonds is 3. The summed E-state index contributed by atoms with van der Waals surface area (Å²) in [5, 5.41) is 0. The summed E-state index contributed by atoms with van der Waals surface area (Å²) in [5.74, 6) is 0.484. The third-order valence-electron chi connectivity index (χ3n) is 1.60. The fraction of sp³-hybridized carbons (Fsp3) is 0.333. The average Bonchev–Trinajstić information content (AvgIpc) is 2.15. The molecule has 0 aliphatic carbocycles. The van der Waals surface area contributed by atoms with Crippen LogP contribution in [0, 0.1) is 0 Å². The highest BCUT2D eigenvalue weighted by molar-refractivity contribution is 9.11. The molecule has 2 nitrogen and oxygen atoms in total. The van der Waals surface area contributed by atoms with Gasteiger partial charge >= 0.3 is 6.18 Å². The molecule has 0 saturated carbocycles. The van der Waals surface area contributed by atoms with Gasteiger partial charge in [-0.3, -0.25) is 0 Å². The van der Waals surface area contributed by atoms with Gasteiger partial charge in [0.25, 0.3) is 0 Å². The summed E-state index contributed by atoms with van der Waals surface area (Å²) in [6.07, 6.45) is -4.36. The van der Waals surface area contributed by atoms with Crippen molar-refractivity contribution in [3.05, 3.63) is 21.1 Å². The molecule has 7 heteroatoms. The molecule has 0 saturated heterocycles. The Bertz CT molecular complexity index is 380. The second-order valence-corrected chi connectivity index (χ2v) is 4.53. The Kier molecular flexibility index (Phi) is 4.49. The number of alkyl halides is 3. The zero-order chi connectivity index (χ0) is 12.3. The Labute approximate surface area is 107 Å². The van der Waals surface area contributed by atoms with Crippen molar-refractivity contribution in [3.63, 3.8) is 0 Å². The lowest BCUT2D eigenvalue weighted by atomic mass is 10.3. The minimum atomic E-state index is -4.36. The van der Waals surface area contributed by atoms with E-state index in [0.29, 0.717) is 14.7 Å². The number of halogens is 5. The van der Waals surface area contributed by atoms with E-state index < -0.39 is 12.8 Å². The van der Waals surface area contributed by atoms with Gasteiger partial charge in [-0.05, 0) is 37.9 Å². The predicted molar refractivity (Wildman–Crippen MR) is 59.9 cm³/mol. The lowest BCUT2D eigenvalue weighted by Crippen LogP contribution is -2.19. The van der Waals surface area contributed by atoms with E-state index in [9.17, 15) is 13.2 Å². The molecule has 1 rings (SSSR count). The van der Waals surface area contributed by atoms with Crippen LogP contribution in [0.15, 0.2) is 21.1 Å². The molecule has 1 aromatic rings. The van der Waals surface area contributed by atoms with Crippen LogP contribution in [0.2, 0.25) is 0 Å². The maximum absolute atomic E-state index is 12.0. The van der Waals surface area contributed by atoms with Crippen LogP contribution in [-0.2, 0) is 0 Å². The monoisotopic (exact) mass is 362 g/mol. The molecule has 0 bridgehead atoms. The summed E-state index contributed by atoms with van der Waals surface area (Å²) in [5.41, 5.74) is 0. The average molecular weight is 364 g/mol. The maximum Gasteiger partial charge on any atom is 0.422 e. The molecule has 0 aliphatic heterocycles. The lowest BCUT2D eigenvalue weighted by molar-refractivity contribution is -0.153. The van der Waals surface area contributed by atoms with Gasteiger partial charge < -0.3 is 9.47 Å². The molecule has 90 valence electrons. The molecular weight excluding hydrogens is 357 g/mol. The van der Waals surface area contributed by atoms with Gasteiger partial charge in [-0.25, -0.2) is 0 Å². The van der Waals surface area contributed by atoms with Crippen molar-refractivity contribution in [2.75, 3.05) is 13.7 Å². The first-order valence-electron chi connectivity index (χ1n) is 4.06. The van der Waals surface area contributed by atoms with Gasteiger partial charge in [0.2, 0.25) is 0 Å². The third-order valence-corrected chi connectivity index (χ3v) is 2.84. The van der Waals surface area contributed by atoms with E-state index in [2.05, 4.69) is 36.6 Å². The lowest BCUT2D eigenvalue weighted by Gasteiger charge is -2.12. The largest absolute Gasteiger partial charge is 0.495 e. The number of hydrogen-bond acceptors (Lipinski definition) is 2. The summed E-state index contributed by atoms with van der Waals surface area (Å²) in [6, 6.07) is 2.93. The van der Waals surface area contributed by atoms with Gasteiger partial charge in [0, 0.05) is 6.07 Å². The molecule has 0 fully saturated rings. The fourth-order valence-corrected chi connectivity index (χ4v) is 2.21. The van der Waals surface area contributed by atoms with Gasteiger partial charge in [0.1, 0.15) is 11.5 Å². The smallest absolute Gasteiger partial charge is 0.422 e. The molecule has 0 amide bonds. The van der Waals surface area contributed by atoms with E-state index >= 15 is 0 Å². The van der Waals surface area contributed by atoms with Crippen molar-refractivity contribution in [3.8, 4) is 11.5 Å². The van der Waals surface area contributed by atoms with Crippen molar-refractivity contribution in [1.82, 2.24) is 0 Å². The molecule has 0 heterocycles. The summed E-state index contributed by atoms with van der Waals surface area (Å²) in [4.78, 5) is 0. The Morgan fingerprint density at radius 2 is 1.69 bits per heavy atom. The minimum absolute atomic E-state index is 0.0809. The zero-order valence-corrected chi connectivity index (χ0v) is 11.2. The van der Waals surface area contributed by atoms with Crippen LogP contribution in [-0.4, -0.2) is 19.9 Å². The van der Waals surface area contributed by atoms with Crippen LogP contribution in [0.25, 0.3) is 0 Å². The quantitative estimate of drug-likeness (QED) is 0.802. The number of methoxy groups -OCH3 is 1. The van der Waals surface area contributed by atoms with Crippen LogP contribution < -0.4 is 9.47 Å². The van der Waals surface area contributed by atoms with E-state index in [0.717, 1.165) is 0 Å². The molecule has 0 atom stereocenters. The second-order valence-electron chi connectivity index (χ2n) is 2.82. The molecule has 0 unspecified atom stereocenters. The van der Waals surface area contributed by atoms with Gasteiger partial charge in [-0.2, -0.15) is 13.2 Å². The van der Waals surface area contributed by atoms with Crippen molar-refractivity contribution < 1.29 is 22.6 Å². The van der Waals surface area contributed by atoms with Gasteiger partial charge in [0.15, 0.2) is 6.61 Å². The van der Waals surface area contributed by atoms with Crippen LogP contribution in [0.3, 0.4) is 0 Å². The summed E-state index contributed by atoms with van der Waals surface area (Å²) in [7, 11) is 1.42. The molecule has 0 radical (unpaired) electrons.